The molecule has 21 heavy (non-hydrogen) atoms. The molecule has 0 aromatic heterocycles. The molecule has 0 aromatic rings. The summed E-state index contributed by atoms with van der Waals surface area (Å²) < 4.78 is 16.2. The van der Waals surface area contributed by atoms with E-state index in [4.69, 9.17) is 14.2 Å². The first-order chi connectivity index (χ1) is 10.2. The Hall–Kier alpha value is -1.36. The Balaban J connectivity index is 1.95. The van der Waals surface area contributed by atoms with Gasteiger partial charge in [-0.2, -0.15) is 0 Å². The second kappa shape index (κ2) is 7.59. The van der Waals surface area contributed by atoms with Crippen molar-refractivity contribution >= 4 is 11.9 Å². The molecule has 118 valence electrons. The van der Waals surface area contributed by atoms with Crippen LogP contribution in [0.5, 0.6) is 0 Å². The van der Waals surface area contributed by atoms with Gasteiger partial charge in [0.1, 0.15) is 11.8 Å². The minimum Gasteiger partial charge on any atom is -0.465 e. The van der Waals surface area contributed by atoms with Crippen LogP contribution in [-0.4, -0.2) is 37.4 Å². The minimum atomic E-state index is -0.564. The Morgan fingerprint density at radius 3 is 1.71 bits per heavy atom. The van der Waals surface area contributed by atoms with E-state index in [2.05, 4.69) is 0 Å². The maximum absolute atomic E-state index is 12.2. The molecule has 0 amide bonds. The molecule has 2 bridgehead atoms. The zero-order valence-electron chi connectivity index (χ0n) is 12.7. The average molecular weight is 296 g/mol. The Kier molecular flexibility index (Phi) is 5.79. The predicted molar refractivity (Wildman–Crippen MR) is 76.5 cm³/mol. The monoisotopic (exact) mass is 296 g/mol. The summed E-state index contributed by atoms with van der Waals surface area (Å²) in [6.45, 7) is 4.85. The van der Waals surface area contributed by atoms with Gasteiger partial charge in [0.2, 0.25) is 0 Å². The molecular formula is C16H24O5. The summed E-state index contributed by atoms with van der Waals surface area (Å²) in [4.78, 5) is 24.4. The van der Waals surface area contributed by atoms with Gasteiger partial charge in [0.15, 0.2) is 0 Å². The van der Waals surface area contributed by atoms with E-state index in [1.807, 2.05) is 26.0 Å². The van der Waals surface area contributed by atoms with Crippen LogP contribution in [0, 0.1) is 11.8 Å². The van der Waals surface area contributed by atoms with Crippen molar-refractivity contribution in [3.8, 4) is 0 Å². The summed E-state index contributed by atoms with van der Waals surface area (Å²) in [5, 5.41) is 0. The first kappa shape index (κ1) is 16.0. The molecule has 5 heteroatoms. The molecule has 5 nitrogen and oxygen atoms in total. The fourth-order valence-corrected chi connectivity index (χ4v) is 2.70. The number of esters is 2. The van der Waals surface area contributed by atoms with Gasteiger partial charge in [-0.3, -0.25) is 9.59 Å². The predicted octanol–water partition coefficient (Wildman–Crippen LogP) is 2.24. The highest BCUT2D eigenvalue weighted by molar-refractivity contribution is 5.85. The van der Waals surface area contributed by atoms with Gasteiger partial charge >= 0.3 is 11.9 Å². The molecule has 0 radical (unpaired) electrons. The fraction of sp³-hybridized carbons (Fsp3) is 0.750. The van der Waals surface area contributed by atoms with Crippen molar-refractivity contribution in [2.45, 2.75) is 51.7 Å². The van der Waals surface area contributed by atoms with E-state index in [9.17, 15) is 9.59 Å². The maximum Gasteiger partial charge on any atom is 0.312 e. The van der Waals surface area contributed by atoms with E-state index >= 15 is 0 Å². The molecule has 0 spiro atoms. The van der Waals surface area contributed by atoms with Crippen molar-refractivity contribution in [3.63, 3.8) is 0 Å². The lowest BCUT2D eigenvalue weighted by atomic mass is 9.83. The Morgan fingerprint density at radius 2 is 1.33 bits per heavy atom. The molecule has 2 heterocycles. The molecule has 1 fully saturated rings. The number of hydrogen-bond donors (Lipinski definition) is 0. The van der Waals surface area contributed by atoms with Crippen LogP contribution in [0.1, 0.15) is 39.5 Å². The second-order valence-corrected chi connectivity index (χ2v) is 5.54. The molecule has 2 rings (SSSR count). The smallest absolute Gasteiger partial charge is 0.312 e. The number of fused-ring (bicyclic) bond motifs is 2. The van der Waals surface area contributed by atoms with Gasteiger partial charge in [0, 0.05) is 0 Å². The van der Waals surface area contributed by atoms with Crippen LogP contribution in [0.4, 0.5) is 0 Å². The quantitative estimate of drug-likeness (QED) is 0.390. The number of ether oxygens (including phenoxy) is 3. The van der Waals surface area contributed by atoms with Crippen LogP contribution in [0.25, 0.3) is 0 Å². The van der Waals surface area contributed by atoms with E-state index < -0.39 is 11.8 Å². The highest BCUT2D eigenvalue weighted by Crippen LogP contribution is 2.40. The van der Waals surface area contributed by atoms with Gasteiger partial charge in [-0.1, -0.05) is 38.8 Å². The number of carbonyl (C=O) groups excluding carboxylic acids is 2. The van der Waals surface area contributed by atoms with Gasteiger partial charge in [0.25, 0.3) is 0 Å². The summed E-state index contributed by atoms with van der Waals surface area (Å²) in [5.41, 5.74) is 0. The van der Waals surface area contributed by atoms with Crippen LogP contribution in [0.15, 0.2) is 12.2 Å². The van der Waals surface area contributed by atoms with Crippen molar-refractivity contribution < 1.29 is 23.8 Å². The van der Waals surface area contributed by atoms with Crippen LogP contribution in [0.3, 0.4) is 0 Å². The minimum absolute atomic E-state index is 0.349. The zero-order valence-corrected chi connectivity index (χ0v) is 12.7. The van der Waals surface area contributed by atoms with Crippen LogP contribution >= 0.6 is 0 Å². The van der Waals surface area contributed by atoms with E-state index in [1.54, 1.807) is 0 Å². The lowest BCUT2D eigenvalue weighted by Gasteiger charge is -2.22. The Labute approximate surface area is 125 Å². The summed E-state index contributed by atoms with van der Waals surface area (Å²) in [7, 11) is 0. The van der Waals surface area contributed by atoms with Crippen LogP contribution in [-0.2, 0) is 23.8 Å². The Morgan fingerprint density at radius 1 is 0.905 bits per heavy atom. The number of rotatable bonds is 8. The second-order valence-electron chi connectivity index (χ2n) is 5.54. The highest BCUT2D eigenvalue weighted by Gasteiger charge is 2.54. The molecule has 0 saturated carbocycles. The number of unbranched alkanes of at least 4 members (excludes halogenated alkanes) is 2. The van der Waals surface area contributed by atoms with Crippen molar-refractivity contribution in [1.82, 2.24) is 0 Å². The lowest BCUT2D eigenvalue weighted by Crippen LogP contribution is -2.38. The summed E-state index contributed by atoms with van der Waals surface area (Å²) in [5.74, 6) is -1.83. The molecule has 0 aliphatic carbocycles. The molecule has 3 unspecified atom stereocenters. The number of hydrogen-bond acceptors (Lipinski definition) is 5. The van der Waals surface area contributed by atoms with Gasteiger partial charge in [-0.05, 0) is 12.8 Å². The first-order valence-corrected chi connectivity index (χ1v) is 7.86. The first-order valence-electron chi connectivity index (χ1n) is 7.86. The van der Waals surface area contributed by atoms with Gasteiger partial charge in [-0.15, -0.1) is 0 Å². The Bertz CT molecular complexity index is 367. The average Bonchev–Trinajstić information content (AvgIpc) is 3.08. The normalized spacial score (nSPS) is 29.6. The van der Waals surface area contributed by atoms with E-state index in [0.717, 1.165) is 25.7 Å². The third-order valence-corrected chi connectivity index (χ3v) is 3.93. The highest BCUT2D eigenvalue weighted by atomic mass is 16.6. The third-order valence-electron chi connectivity index (χ3n) is 3.93. The van der Waals surface area contributed by atoms with Gasteiger partial charge in [0.05, 0.1) is 25.4 Å². The lowest BCUT2D eigenvalue weighted by molar-refractivity contribution is -0.160. The molecule has 2 aliphatic heterocycles. The van der Waals surface area contributed by atoms with Crippen LogP contribution < -0.4 is 0 Å². The van der Waals surface area contributed by atoms with Gasteiger partial charge < -0.3 is 14.2 Å². The molecule has 0 N–H and O–H groups in total. The molecular weight excluding hydrogens is 272 g/mol. The summed E-state index contributed by atoms with van der Waals surface area (Å²) in [6, 6.07) is 0. The van der Waals surface area contributed by atoms with E-state index in [1.165, 1.54) is 0 Å². The molecule has 1 saturated heterocycles. The SMILES string of the molecule is CCCCOC(=O)C1C2C=C[C@@H](O2)C1C(=O)OCCCC. The van der Waals surface area contributed by atoms with E-state index in [0.29, 0.717) is 13.2 Å². The summed E-state index contributed by atoms with van der Waals surface area (Å²) in [6.07, 6.45) is 6.55. The fourth-order valence-electron chi connectivity index (χ4n) is 2.70. The maximum atomic E-state index is 12.2. The topological polar surface area (TPSA) is 61.8 Å². The largest absolute Gasteiger partial charge is 0.465 e. The zero-order chi connectivity index (χ0) is 15.2. The summed E-state index contributed by atoms with van der Waals surface area (Å²) >= 11 is 0. The van der Waals surface area contributed by atoms with Gasteiger partial charge in [-0.25, -0.2) is 0 Å². The van der Waals surface area contributed by atoms with E-state index in [-0.39, 0.29) is 24.1 Å². The van der Waals surface area contributed by atoms with Crippen molar-refractivity contribution in [2.24, 2.45) is 11.8 Å². The van der Waals surface area contributed by atoms with Crippen molar-refractivity contribution in [3.05, 3.63) is 12.2 Å². The molecule has 0 aromatic carbocycles. The van der Waals surface area contributed by atoms with Crippen molar-refractivity contribution in [1.29, 1.82) is 0 Å². The standard InChI is InChI=1S/C16H24O5/c1-3-5-9-19-15(17)13-11-7-8-12(21-11)14(13)16(18)20-10-6-4-2/h7-8,11-14H,3-6,9-10H2,1-2H3/t11-,12?,13?,14?/m1/s1. The third kappa shape index (κ3) is 3.64. The molecule has 4 atom stereocenters. The van der Waals surface area contributed by atoms with Crippen LogP contribution in [0.2, 0.25) is 0 Å². The number of carbonyl (C=O) groups is 2. The molecule has 2 aliphatic rings. The van der Waals surface area contributed by atoms with Crippen molar-refractivity contribution in [2.75, 3.05) is 13.2 Å².